The zero-order chi connectivity index (χ0) is 14.7. The minimum Gasteiger partial charge on any atom is -0.477 e. The third-order valence-corrected chi connectivity index (χ3v) is 3.07. The number of carboxylic acids is 1. The van der Waals surface area contributed by atoms with E-state index in [4.69, 9.17) is 16.7 Å². The highest BCUT2D eigenvalue weighted by molar-refractivity contribution is 6.31. The van der Waals surface area contributed by atoms with Crippen molar-refractivity contribution in [1.82, 2.24) is 14.9 Å². The molecule has 0 atom stereocenters. The monoisotopic (exact) mass is 291 g/mol. The lowest BCUT2D eigenvalue weighted by Gasteiger charge is -2.12. The molecule has 0 fully saturated rings. The molecule has 0 spiro atoms. The average Bonchev–Trinajstić information content (AvgIpc) is 2.40. The Kier molecular flexibility index (Phi) is 4.32. The lowest BCUT2D eigenvalue weighted by Crippen LogP contribution is -2.10. The number of halogens is 1. The summed E-state index contributed by atoms with van der Waals surface area (Å²) < 4.78 is 0. The minimum atomic E-state index is -1.08. The van der Waals surface area contributed by atoms with Gasteiger partial charge in [0.05, 0.1) is 5.69 Å². The van der Waals surface area contributed by atoms with E-state index in [9.17, 15) is 4.79 Å². The van der Waals surface area contributed by atoms with Gasteiger partial charge in [0.1, 0.15) is 6.33 Å². The summed E-state index contributed by atoms with van der Waals surface area (Å²) in [5.74, 6) is -1.08. The van der Waals surface area contributed by atoms with Gasteiger partial charge in [0.15, 0.2) is 5.69 Å². The first-order valence-electron chi connectivity index (χ1n) is 5.96. The average molecular weight is 292 g/mol. The minimum absolute atomic E-state index is 0.0384. The van der Waals surface area contributed by atoms with Crippen molar-refractivity contribution in [2.24, 2.45) is 0 Å². The number of hydrogen-bond acceptors (Lipinski definition) is 4. The quantitative estimate of drug-likeness (QED) is 0.938. The number of carbonyl (C=O) groups is 1. The number of rotatable bonds is 4. The maximum Gasteiger partial charge on any atom is 0.354 e. The van der Waals surface area contributed by atoms with Gasteiger partial charge in [-0.15, -0.1) is 0 Å². The first kappa shape index (κ1) is 14.4. The molecule has 0 bridgehead atoms. The van der Waals surface area contributed by atoms with Gasteiger partial charge in [-0.2, -0.15) is 0 Å². The molecule has 5 nitrogen and oxygen atoms in total. The van der Waals surface area contributed by atoms with E-state index in [0.717, 1.165) is 17.7 Å². The molecule has 0 aliphatic carbocycles. The summed E-state index contributed by atoms with van der Waals surface area (Å²) in [6.07, 6.45) is 1.24. The van der Waals surface area contributed by atoms with Crippen LogP contribution in [0.2, 0.25) is 5.02 Å². The number of benzene rings is 1. The highest BCUT2D eigenvalue weighted by atomic mass is 35.5. The van der Waals surface area contributed by atoms with Crippen LogP contribution in [0.25, 0.3) is 11.3 Å². The molecular formula is C14H14ClN3O2. The van der Waals surface area contributed by atoms with Crippen molar-refractivity contribution in [1.29, 1.82) is 0 Å². The Bertz CT molecular complexity index is 644. The van der Waals surface area contributed by atoms with Crippen LogP contribution in [-0.4, -0.2) is 40.0 Å². The van der Waals surface area contributed by atoms with Crippen LogP contribution in [0.15, 0.2) is 30.6 Å². The van der Waals surface area contributed by atoms with Gasteiger partial charge in [0.25, 0.3) is 0 Å². The number of aromatic carboxylic acids is 1. The van der Waals surface area contributed by atoms with E-state index < -0.39 is 5.97 Å². The van der Waals surface area contributed by atoms with Gasteiger partial charge in [-0.05, 0) is 31.8 Å². The van der Waals surface area contributed by atoms with Gasteiger partial charge in [-0.3, -0.25) is 0 Å². The van der Waals surface area contributed by atoms with Crippen molar-refractivity contribution >= 4 is 17.6 Å². The molecule has 0 saturated carbocycles. The van der Waals surface area contributed by atoms with Crippen molar-refractivity contribution in [3.05, 3.63) is 46.9 Å². The van der Waals surface area contributed by atoms with Gasteiger partial charge >= 0.3 is 5.97 Å². The molecule has 0 aliphatic rings. The molecule has 1 N–H and O–H groups in total. The predicted molar refractivity (Wildman–Crippen MR) is 76.8 cm³/mol. The van der Waals surface area contributed by atoms with Crippen LogP contribution in [0.5, 0.6) is 0 Å². The molecule has 104 valence electrons. The van der Waals surface area contributed by atoms with Crippen molar-refractivity contribution in [2.75, 3.05) is 14.1 Å². The van der Waals surface area contributed by atoms with Crippen LogP contribution in [0.3, 0.4) is 0 Å². The molecule has 0 aliphatic heterocycles. The Hall–Kier alpha value is -1.98. The predicted octanol–water partition coefficient (Wildman–Crippen LogP) is 2.56. The largest absolute Gasteiger partial charge is 0.477 e. The van der Waals surface area contributed by atoms with Crippen LogP contribution in [-0.2, 0) is 6.54 Å². The van der Waals surface area contributed by atoms with E-state index in [1.54, 1.807) is 6.07 Å². The Morgan fingerprint density at radius 2 is 2.05 bits per heavy atom. The van der Waals surface area contributed by atoms with Crippen molar-refractivity contribution in [2.45, 2.75) is 6.54 Å². The van der Waals surface area contributed by atoms with Gasteiger partial charge in [0.2, 0.25) is 0 Å². The lowest BCUT2D eigenvalue weighted by atomic mass is 10.1. The van der Waals surface area contributed by atoms with E-state index in [-0.39, 0.29) is 5.69 Å². The van der Waals surface area contributed by atoms with E-state index >= 15 is 0 Å². The standard InChI is InChI=1S/C14H14ClN3O2/c1-18(2)7-10-4-3-9(5-11(10)15)12-6-13(14(19)20)17-8-16-12/h3-6,8H,7H2,1-2H3,(H,19,20). The molecule has 0 saturated heterocycles. The van der Waals surface area contributed by atoms with E-state index in [2.05, 4.69) is 9.97 Å². The second-order valence-electron chi connectivity index (χ2n) is 4.64. The van der Waals surface area contributed by atoms with Gasteiger partial charge in [0, 0.05) is 17.1 Å². The number of hydrogen-bond donors (Lipinski definition) is 1. The van der Waals surface area contributed by atoms with Crippen LogP contribution >= 0.6 is 11.6 Å². The number of carboxylic acid groups (broad SMARTS) is 1. The molecule has 2 aromatic rings. The molecule has 1 aromatic heterocycles. The molecule has 0 amide bonds. The summed E-state index contributed by atoms with van der Waals surface area (Å²) in [4.78, 5) is 20.7. The fourth-order valence-electron chi connectivity index (χ4n) is 1.81. The summed E-state index contributed by atoms with van der Waals surface area (Å²) in [6.45, 7) is 0.739. The van der Waals surface area contributed by atoms with Crippen molar-refractivity contribution in [3.8, 4) is 11.3 Å². The van der Waals surface area contributed by atoms with Crippen LogP contribution in [0, 0.1) is 0 Å². The Labute approximate surface area is 121 Å². The smallest absolute Gasteiger partial charge is 0.354 e. The van der Waals surface area contributed by atoms with E-state index in [0.29, 0.717) is 10.7 Å². The van der Waals surface area contributed by atoms with Crippen molar-refractivity contribution < 1.29 is 9.90 Å². The summed E-state index contributed by atoms with van der Waals surface area (Å²) in [7, 11) is 3.93. The summed E-state index contributed by atoms with van der Waals surface area (Å²) in [5, 5.41) is 9.56. The molecule has 2 rings (SSSR count). The lowest BCUT2D eigenvalue weighted by molar-refractivity contribution is 0.0690. The highest BCUT2D eigenvalue weighted by Crippen LogP contribution is 2.25. The molecule has 0 radical (unpaired) electrons. The Balaban J connectivity index is 2.36. The first-order valence-corrected chi connectivity index (χ1v) is 6.34. The van der Waals surface area contributed by atoms with Crippen LogP contribution in [0.4, 0.5) is 0 Å². The maximum absolute atomic E-state index is 10.9. The normalized spacial score (nSPS) is 10.8. The molecule has 20 heavy (non-hydrogen) atoms. The van der Waals surface area contributed by atoms with E-state index in [1.807, 2.05) is 31.1 Å². The zero-order valence-electron chi connectivity index (χ0n) is 11.2. The molecule has 0 unspecified atom stereocenters. The SMILES string of the molecule is CN(C)Cc1ccc(-c2cc(C(=O)O)ncn2)cc1Cl. The van der Waals surface area contributed by atoms with Gasteiger partial charge in [-0.1, -0.05) is 23.7 Å². The van der Waals surface area contributed by atoms with Crippen molar-refractivity contribution in [3.63, 3.8) is 0 Å². The Morgan fingerprint density at radius 3 is 2.65 bits per heavy atom. The summed E-state index contributed by atoms with van der Waals surface area (Å²) >= 11 is 6.24. The summed E-state index contributed by atoms with van der Waals surface area (Å²) in [6, 6.07) is 7.01. The molecule has 1 aromatic carbocycles. The highest BCUT2D eigenvalue weighted by Gasteiger charge is 2.09. The third kappa shape index (κ3) is 3.31. The maximum atomic E-state index is 10.9. The third-order valence-electron chi connectivity index (χ3n) is 2.72. The topological polar surface area (TPSA) is 66.3 Å². The fourth-order valence-corrected chi connectivity index (χ4v) is 2.05. The fraction of sp³-hybridized carbons (Fsp3) is 0.214. The first-order chi connectivity index (χ1) is 9.47. The van der Waals surface area contributed by atoms with Crippen LogP contribution in [0.1, 0.15) is 16.1 Å². The zero-order valence-corrected chi connectivity index (χ0v) is 11.9. The number of nitrogens with zero attached hydrogens (tertiary/aromatic N) is 3. The van der Waals surface area contributed by atoms with Gasteiger partial charge in [-0.25, -0.2) is 14.8 Å². The molecular weight excluding hydrogens is 278 g/mol. The van der Waals surface area contributed by atoms with E-state index in [1.165, 1.54) is 12.4 Å². The van der Waals surface area contributed by atoms with Gasteiger partial charge < -0.3 is 10.0 Å². The summed E-state index contributed by atoms with van der Waals surface area (Å²) in [5.41, 5.74) is 2.27. The Morgan fingerprint density at radius 1 is 1.30 bits per heavy atom. The second-order valence-corrected chi connectivity index (χ2v) is 5.04. The number of aromatic nitrogens is 2. The molecule has 1 heterocycles. The van der Waals surface area contributed by atoms with Crippen LogP contribution < -0.4 is 0 Å². The second kappa shape index (κ2) is 5.98. The molecule has 6 heteroatoms.